The van der Waals surface area contributed by atoms with Crippen LogP contribution in [0.4, 0.5) is 29.1 Å². The van der Waals surface area contributed by atoms with E-state index in [4.69, 9.17) is 0 Å². The molecule has 1 aliphatic heterocycles. The van der Waals surface area contributed by atoms with Crippen LogP contribution in [0.15, 0.2) is 53.6 Å². The molecule has 1 aliphatic rings. The lowest BCUT2D eigenvalue weighted by Crippen LogP contribution is -2.30. The number of benzene rings is 2. The Morgan fingerprint density at radius 3 is 2.51 bits per heavy atom. The summed E-state index contributed by atoms with van der Waals surface area (Å²) in [5, 5.41) is 2.84. The molecule has 0 atom stereocenters. The van der Waals surface area contributed by atoms with Crippen molar-refractivity contribution in [3.05, 3.63) is 71.4 Å². The SMILES string of the molecule is CSc1cccc(NC(=O)c2c(N3CCCC(F)(F)CC3)ncc(-c3c(F)cccc3F)c2C)c1. The minimum atomic E-state index is -2.79. The molecule has 4 nitrogen and oxygen atoms in total. The standard InChI is InChI=1S/C26H25F4N3OS/c1-16-19(23-20(27)8-4-9-21(23)28)15-31-24(33-12-5-10-26(29,30)11-13-33)22(16)25(34)32-17-6-3-7-18(14-17)35-2/h3-4,6-9,14-15H,5,10-13H2,1-2H3,(H,32,34). The van der Waals surface area contributed by atoms with E-state index in [0.29, 0.717) is 11.3 Å². The zero-order valence-electron chi connectivity index (χ0n) is 19.4. The van der Waals surface area contributed by atoms with E-state index in [-0.39, 0.29) is 54.9 Å². The van der Waals surface area contributed by atoms with Crippen molar-refractivity contribution in [1.82, 2.24) is 4.98 Å². The summed E-state index contributed by atoms with van der Waals surface area (Å²) >= 11 is 1.51. The molecule has 35 heavy (non-hydrogen) atoms. The summed E-state index contributed by atoms with van der Waals surface area (Å²) in [7, 11) is 0. The van der Waals surface area contributed by atoms with Crippen molar-refractivity contribution in [2.45, 2.75) is 37.0 Å². The highest BCUT2D eigenvalue weighted by atomic mass is 32.2. The summed E-state index contributed by atoms with van der Waals surface area (Å²) in [4.78, 5) is 20.5. The highest BCUT2D eigenvalue weighted by Gasteiger charge is 2.34. The van der Waals surface area contributed by atoms with Crippen molar-refractivity contribution >= 4 is 29.2 Å². The van der Waals surface area contributed by atoms with E-state index in [1.807, 2.05) is 12.3 Å². The van der Waals surface area contributed by atoms with E-state index < -0.39 is 23.5 Å². The van der Waals surface area contributed by atoms with Gasteiger partial charge in [-0.25, -0.2) is 22.5 Å². The Labute approximate surface area is 205 Å². The molecule has 1 saturated heterocycles. The second-order valence-electron chi connectivity index (χ2n) is 8.47. The molecule has 184 valence electrons. The molecular formula is C26H25F4N3OS. The summed E-state index contributed by atoms with van der Waals surface area (Å²) < 4.78 is 57.2. The number of pyridine rings is 1. The average Bonchev–Trinajstić information content (AvgIpc) is 3.00. The van der Waals surface area contributed by atoms with Gasteiger partial charge in [0.05, 0.1) is 11.1 Å². The molecule has 3 aromatic rings. The van der Waals surface area contributed by atoms with Crippen LogP contribution in [0.25, 0.3) is 11.1 Å². The van der Waals surface area contributed by atoms with Crippen molar-refractivity contribution in [3.63, 3.8) is 0 Å². The number of hydrogen-bond acceptors (Lipinski definition) is 4. The lowest BCUT2D eigenvalue weighted by molar-refractivity contribution is -0.0102. The van der Waals surface area contributed by atoms with E-state index in [0.717, 1.165) is 17.0 Å². The number of carbonyl (C=O) groups is 1. The molecule has 1 fully saturated rings. The quantitative estimate of drug-likeness (QED) is 0.303. The van der Waals surface area contributed by atoms with Gasteiger partial charge in [0.15, 0.2) is 0 Å². The highest BCUT2D eigenvalue weighted by Crippen LogP contribution is 2.36. The first kappa shape index (κ1) is 25.0. The molecule has 1 N–H and O–H groups in total. The van der Waals surface area contributed by atoms with Crippen molar-refractivity contribution in [1.29, 1.82) is 0 Å². The first-order chi connectivity index (χ1) is 16.7. The van der Waals surface area contributed by atoms with Crippen molar-refractivity contribution in [2.75, 3.05) is 29.6 Å². The van der Waals surface area contributed by atoms with Crippen LogP contribution in [0.2, 0.25) is 0 Å². The largest absolute Gasteiger partial charge is 0.356 e. The third-order valence-corrected chi connectivity index (χ3v) is 6.85. The predicted molar refractivity (Wildman–Crippen MR) is 132 cm³/mol. The van der Waals surface area contributed by atoms with Gasteiger partial charge >= 0.3 is 0 Å². The minimum absolute atomic E-state index is 0.00901. The molecule has 0 aliphatic carbocycles. The number of aromatic nitrogens is 1. The second-order valence-corrected chi connectivity index (χ2v) is 9.35. The number of amides is 1. The van der Waals surface area contributed by atoms with Crippen LogP contribution in [0.5, 0.6) is 0 Å². The molecule has 4 rings (SSSR count). The van der Waals surface area contributed by atoms with Crippen molar-refractivity contribution < 1.29 is 22.4 Å². The van der Waals surface area contributed by atoms with Gasteiger partial charge in [0.2, 0.25) is 5.92 Å². The first-order valence-electron chi connectivity index (χ1n) is 11.2. The van der Waals surface area contributed by atoms with Gasteiger partial charge < -0.3 is 10.2 Å². The summed E-state index contributed by atoms with van der Waals surface area (Å²) in [6, 6.07) is 10.8. The Morgan fingerprint density at radius 2 is 1.80 bits per heavy atom. The molecule has 0 saturated carbocycles. The number of nitrogens with one attached hydrogen (secondary N) is 1. The third-order valence-electron chi connectivity index (χ3n) is 6.12. The smallest absolute Gasteiger partial charge is 0.259 e. The van der Waals surface area contributed by atoms with Crippen LogP contribution in [0.3, 0.4) is 0 Å². The molecule has 2 aromatic carbocycles. The van der Waals surface area contributed by atoms with Crippen molar-refractivity contribution in [2.24, 2.45) is 0 Å². The Hall–Kier alpha value is -3.07. The fraction of sp³-hybridized carbons (Fsp3) is 0.308. The van der Waals surface area contributed by atoms with Crippen LogP contribution in [-0.2, 0) is 0 Å². The van der Waals surface area contributed by atoms with E-state index in [1.54, 1.807) is 30.0 Å². The fourth-order valence-corrected chi connectivity index (χ4v) is 4.74. The molecule has 0 spiro atoms. The van der Waals surface area contributed by atoms with Gasteiger partial charge in [0.25, 0.3) is 5.91 Å². The van der Waals surface area contributed by atoms with Gasteiger partial charge in [-0.2, -0.15) is 0 Å². The van der Waals surface area contributed by atoms with Gasteiger partial charge in [-0.05, 0) is 55.5 Å². The van der Waals surface area contributed by atoms with Crippen molar-refractivity contribution in [3.8, 4) is 11.1 Å². The number of rotatable bonds is 5. The van der Waals surface area contributed by atoms with Crippen LogP contribution in [0, 0.1) is 18.6 Å². The summed E-state index contributed by atoms with van der Waals surface area (Å²) in [6.45, 7) is 1.89. The van der Waals surface area contributed by atoms with Crippen LogP contribution < -0.4 is 10.2 Å². The van der Waals surface area contributed by atoms with Gasteiger partial charge in [-0.3, -0.25) is 4.79 Å². The lowest BCUT2D eigenvalue weighted by atomic mass is 9.96. The number of halogens is 4. The maximum absolute atomic E-state index is 14.6. The molecule has 0 radical (unpaired) electrons. The highest BCUT2D eigenvalue weighted by molar-refractivity contribution is 7.98. The number of alkyl halides is 2. The fourth-order valence-electron chi connectivity index (χ4n) is 4.28. The van der Waals surface area contributed by atoms with Crippen LogP contribution in [0.1, 0.15) is 35.2 Å². The maximum Gasteiger partial charge on any atom is 0.259 e. The molecule has 1 aromatic heterocycles. The maximum atomic E-state index is 14.6. The van der Waals surface area contributed by atoms with E-state index >= 15 is 0 Å². The number of nitrogens with zero attached hydrogens (tertiary/aromatic N) is 2. The molecular weight excluding hydrogens is 478 g/mol. The summed E-state index contributed by atoms with van der Waals surface area (Å²) in [5.41, 5.74) is 0.799. The molecule has 1 amide bonds. The minimum Gasteiger partial charge on any atom is -0.356 e. The zero-order chi connectivity index (χ0) is 25.2. The Bertz CT molecular complexity index is 1230. The van der Waals surface area contributed by atoms with Gasteiger partial charge in [0, 0.05) is 48.3 Å². The first-order valence-corrected chi connectivity index (χ1v) is 12.4. The monoisotopic (exact) mass is 503 g/mol. The number of hydrogen-bond donors (Lipinski definition) is 1. The van der Waals surface area contributed by atoms with Gasteiger partial charge in [-0.1, -0.05) is 12.1 Å². The van der Waals surface area contributed by atoms with E-state index in [1.165, 1.54) is 24.0 Å². The van der Waals surface area contributed by atoms with Gasteiger partial charge in [0.1, 0.15) is 17.5 Å². The molecule has 0 bridgehead atoms. The van der Waals surface area contributed by atoms with Crippen LogP contribution in [-0.4, -0.2) is 36.2 Å². The molecule has 2 heterocycles. The van der Waals surface area contributed by atoms with Crippen LogP contribution >= 0.6 is 11.8 Å². The average molecular weight is 504 g/mol. The molecule has 0 unspecified atom stereocenters. The Balaban J connectivity index is 1.82. The Kier molecular flexibility index (Phi) is 7.35. The summed E-state index contributed by atoms with van der Waals surface area (Å²) in [5.74, 6) is -4.66. The topological polar surface area (TPSA) is 45.2 Å². The second kappa shape index (κ2) is 10.3. The normalized spacial score (nSPS) is 15.5. The summed E-state index contributed by atoms with van der Waals surface area (Å²) in [6.07, 6.45) is 2.83. The molecule has 9 heteroatoms. The number of anilines is 2. The van der Waals surface area contributed by atoms with E-state index in [9.17, 15) is 22.4 Å². The Morgan fingerprint density at radius 1 is 1.09 bits per heavy atom. The zero-order valence-corrected chi connectivity index (χ0v) is 20.2. The number of carbonyl (C=O) groups excluding carboxylic acids is 1. The van der Waals surface area contributed by atoms with E-state index in [2.05, 4.69) is 10.3 Å². The lowest BCUT2D eigenvalue weighted by Gasteiger charge is -2.26. The van der Waals surface area contributed by atoms with Gasteiger partial charge in [-0.15, -0.1) is 11.8 Å². The third kappa shape index (κ3) is 5.45. The predicted octanol–water partition coefficient (Wildman–Crippen LogP) is 6.94. The number of thioether (sulfide) groups is 1.